The van der Waals surface area contributed by atoms with Crippen molar-refractivity contribution in [2.75, 3.05) is 13.1 Å². The number of hydrogen-bond donors (Lipinski definition) is 2. The highest BCUT2D eigenvalue weighted by Gasteiger charge is 2.27. The van der Waals surface area contributed by atoms with E-state index in [9.17, 15) is 9.59 Å². The Morgan fingerprint density at radius 1 is 1.43 bits per heavy atom. The van der Waals surface area contributed by atoms with Crippen molar-refractivity contribution in [1.82, 2.24) is 20.2 Å². The number of rotatable bonds is 5. The van der Waals surface area contributed by atoms with Gasteiger partial charge in [0.25, 0.3) is 0 Å². The Balaban J connectivity index is 1.46. The maximum atomic E-state index is 11.8. The van der Waals surface area contributed by atoms with Crippen LogP contribution < -0.4 is 10.6 Å². The molecule has 0 radical (unpaired) electrons. The predicted octanol–water partition coefficient (Wildman–Crippen LogP) is 0.679. The van der Waals surface area contributed by atoms with Crippen molar-refractivity contribution in [1.29, 1.82) is 0 Å². The number of amides is 2. The third kappa shape index (κ3) is 3.04. The molecular weight excluding hydrogens is 268 g/mol. The van der Waals surface area contributed by atoms with Crippen molar-refractivity contribution in [3.63, 3.8) is 0 Å². The summed E-state index contributed by atoms with van der Waals surface area (Å²) in [6, 6.07) is 7.98. The van der Waals surface area contributed by atoms with E-state index >= 15 is 0 Å². The van der Waals surface area contributed by atoms with Crippen LogP contribution in [0.1, 0.15) is 12.8 Å². The van der Waals surface area contributed by atoms with Crippen molar-refractivity contribution in [3.05, 3.63) is 30.6 Å². The summed E-state index contributed by atoms with van der Waals surface area (Å²) in [6.45, 7) is 1.87. The Morgan fingerprint density at radius 3 is 3.10 bits per heavy atom. The van der Waals surface area contributed by atoms with Gasteiger partial charge in [-0.1, -0.05) is 12.1 Å². The summed E-state index contributed by atoms with van der Waals surface area (Å²) < 4.78 is 2.09. The number of carbonyl (C=O) groups excluding carboxylic acids is 2. The molecule has 1 aliphatic rings. The van der Waals surface area contributed by atoms with Crippen LogP contribution in [0, 0.1) is 5.92 Å². The highest BCUT2D eigenvalue weighted by Crippen LogP contribution is 2.12. The summed E-state index contributed by atoms with van der Waals surface area (Å²) in [4.78, 5) is 27.2. The van der Waals surface area contributed by atoms with Crippen LogP contribution in [0.4, 0.5) is 0 Å². The Kier molecular flexibility index (Phi) is 3.85. The molecule has 1 saturated heterocycles. The number of aryl methyl sites for hydroxylation is 1. The fourth-order valence-corrected chi connectivity index (χ4v) is 2.58. The number of imidazole rings is 1. The van der Waals surface area contributed by atoms with Gasteiger partial charge in [0, 0.05) is 26.1 Å². The topological polar surface area (TPSA) is 76.0 Å². The largest absolute Gasteiger partial charge is 0.356 e. The molecule has 1 unspecified atom stereocenters. The van der Waals surface area contributed by atoms with E-state index in [1.165, 1.54) is 0 Å². The number of nitrogens with zero attached hydrogens (tertiary/aromatic N) is 2. The lowest BCUT2D eigenvalue weighted by Crippen LogP contribution is -2.32. The monoisotopic (exact) mass is 286 g/mol. The smallest absolute Gasteiger partial charge is 0.225 e. The SMILES string of the molecule is O=C1CC(C(=O)NCCCn2cnc3ccccc32)CN1. The molecule has 110 valence electrons. The minimum atomic E-state index is -0.216. The van der Waals surface area contributed by atoms with Gasteiger partial charge in [0.1, 0.15) is 0 Å². The number of benzene rings is 1. The zero-order valence-electron chi connectivity index (χ0n) is 11.7. The molecule has 0 saturated carbocycles. The lowest BCUT2D eigenvalue weighted by Gasteiger charge is -2.09. The lowest BCUT2D eigenvalue weighted by atomic mass is 10.1. The van der Waals surface area contributed by atoms with E-state index in [4.69, 9.17) is 0 Å². The molecule has 1 fully saturated rings. The quantitative estimate of drug-likeness (QED) is 0.794. The van der Waals surface area contributed by atoms with Crippen molar-refractivity contribution in [2.24, 2.45) is 5.92 Å². The first-order chi connectivity index (χ1) is 10.2. The molecule has 1 aromatic carbocycles. The van der Waals surface area contributed by atoms with E-state index in [-0.39, 0.29) is 17.7 Å². The van der Waals surface area contributed by atoms with E-state index < -0.39 is 0 Å². The first kappa shape index (κ1) is 13.6. The average Bonchev–Trinajstić information content (AvgIpc) is 3.10. The normalized spacial score (nSPS) is 17.9. The van der Waals surface area contributed by atoms with Gasteiger partial charge in [0.2, 0.25) is 11.8 Å². The molecule has 1 atom stereocenters. The predicted molar refractivity (Wildman–Crippen MR) is 78.5 cm³/mol. The molecule has 0 aliphatic carbocycles. The van der Waals surface area contributed by atoms with Crippen LogP contribution in [0.25, 0.3) is 11.0 Å². The molecule has 6 nitrogen and oxygen atoms in total. The highest BCUT2D eigenvalue weighted by atomic mass is 16.2. The summed E-state index contributed by atoms with van der Waals surface area (Å²) in [5.41, 5.74) is 2.09. The van der Waals surface area contributed by atoms with E-state index in [0.29, 0.717) is 19.5 Å². The number of aromatic nitrogens is 2. The van der Waals surface area contributed by atoms with Gasteiger partial charge in [-0.2, -0.15) is 0 Å². The highest BCUT2D eigenvalue weighted by molar-refractivity contribution is 5.89. The second-order valence-corrected chi connectivity index (χ2v) is 5.28. The van der Waals surface area contributed by atoms with Crippen molar-refractivity contribution < 1.29 is 9.59 Å². The number of fused-ring (bicyclic) bond motifs is 1. The maximum absolute atomic E-state index is 11.8. The van der Waals surface area contributed by atoms with Gasteiger partial charge in [-0.25, -0.2) is 4.98 Å². The fourth-order valence-electron chi connectivity index (χ4n) is 2.58. The zero-order chi connectivity index (χ0) is 14.7. The third-order valence-electron chi connectivity index (χ3n) is 3.75. The summed E-state index contributed by atoms with van der Waals surface area (Å²) in [7, 11) is 0. The molecule has 2 amide bonds. The second-order valence-electron chi connectivity index (χ2n) is 5.28. The van der Waals surface area contributed by atoms with Gasteiger partial charge in [0.15, 0.2) is 0 Å². The van der Waals surface area contributed by atoms with E-state index in [1.807, 2.05) is 30.6 Å². The Bertz CT molecular complexity index is 664. The summed E-state index contributed by atoms with van der Waals surface area (Å²) in [5.74, 6) is -0.296. The third-order valence-corrected chi connectivity index (χ3v) is 3.75. The summed E-state index contributed by atoms with van der Waals surface area (Å²) in [6.07, 6.45) is 2.96. The molecule has 2 N–H and O–H groups in total. The first-order valence-corrected chi connectivity index (χ1v) is 7.18. The van der Waals surface area contributed by atoms with Gasteiger partial charge >= 0.3 is 0 Å². The van der Waals surface area contributed by atoms with E-state index in [1.54, 1.807) is 0 Å². The van der Waals surface area contributed by atoms with Crippen LogP contribution in [0.3, 0.4) is 0 Å². The lowest BCUT2D eigenvalue weighted by molar-refractivity contribution is -0.126. The van der Waals surface area contributed by atoms with Crippen LogP contribution >= 0.6 is 0 Å². The molecule has 21 heavy (non-hydrogen) atoms. The molecule has 0 spiro atoms. The van der Waals surface area contributed by atoms with Crippen LogP contribution in [0.5, 0.6) is 0 Å². The van der Waals surface area contributed by atoms with E-state index in [2.05, 4.69) is 20.2 Å². The van der Waals surface area contributed by atoms with Crippen LogP contribution in [-0.2, 0) is 16.1 Å². The first-order valence-electron chi connectivity index (χ1n) is 7.18. The number of para-hydroxylation sites is 2. The Hall–Kier alpha value is -2.37. The molecular formula is C15H18N4O2. The molecule has 2 aromatic rings. The number of carbonyl (C=O) groups is 2. The molecule has 1 aromatic heterocycles. The maximum Gasteiger partial charge on any atom is 0.225 e. The van der Waals surface area contributed by atoms with Crippen molar-refractivity contribution >= 4 is 22.8 Å². The average molecular weight is 286 g/mol. The molecule has 1 aliphatic heterocycles. The molecule has 2 heterocycles. The van der Waals surface area contributed by atoms with Crippen LogP contribution in [0.2, 0.25) is 0 Å². The molecule has 6 heteroatoms. The Labute approximate surface area is 122 Å². The zero-order valence-corrected chi connectivity index (χ0v) is 11.7. The van der Waals surface area contributed by atoms with Crippen molar-refractivity contribution in [3.8, 4) is 0 Å². The van der Waals surface area contributed by atoms with Gasteiger partial charge in [0.05, 0.1) is 23.3 Å². The standard InChI is InChI=1S/C15H18N4O2/c20-14-8-11(9-17-14)15(21)16-6-3-7-19-10-18-12-4-1-2-5-13(12)19/h1-2,4-5,10-11H,3,6-9H2,(H,16,21)(H,17,20). The van der Waals surface area contributed by atoms with E-state index in [0.717, 1.165) is 24.0 Å². The minimum Gasteiger partial charge on any atom is -0.356 e. The van der Waals surface area contributed by atoms with Gasteiger partial charge < -0.3 is 15.2 Å². The van der Waals surface area contributed by atoms with Crippen LogP contribution in [0.15, 0.2) is 30.6 Å². The van der Waals surface area contributed by atoms with Crippen LogP contribution in [-0.4, -0.2) is 34.5 Å². The second kappa shape index (κ2) is 5.95. The number of hydrogen-bond acceptors (Lipinski definition) is 3. The van der Waals surface area contributed by atoms with Crippen molar-refractivity contribution in [2.45, 2.75) is 19.4 Å². The molecule has 0 bridgehead atoms. The number of nitrogens with one attached hydrogen (secondary N) is 2. The van der Waals surface area contributed by atoms with Gasteiger partial charge in [-0.3, -0.25) is 9.59 Å². The minimum absolute atomic E-state index is 0.0381. The summed E-state index contributed by atoms with van der Waals surface area (Å²) >= 11 is 0. The summed E-state index contributed by atoms with van der Waals surface area (Å²) in [5, 5.41) is 5.56. The van der Waals surface area contributed by atoms with Gasteiger partial charge in [-0.15, -0.1) is 0 Å². The fraction of sp³-hybridized carbons (Fsp3) is 0.400. The Morgan fingerprint density at radius 2 is 2.29 bits per heavy atom. The molecule has 3 rings (SSSR count). The van der Waals surface area contributed by atoms with Gasteiger partial charge in [-0.05, 0) is 18.6 Å².